The van der Waals surface area contributed by atoms with Crippen molar-refractivity contribution in [1.82, 2.24) is 25.5 Å². The zero-order chi connectivity index (χ0) is 10.0. The predicted molar refractivity (Wildman–Crippen MR) is 52.7 cm³/mol. The summed E-state index contributed by atoms with van der Waals surface area (Å²) in [6.45, 7) is 6.02. The fourth-order valence-corrected chi connectivity index (χ4v) is 1.87. The number of rotatable bonds is 4. The Labute approximate surface area is 83.9 Å². The van der Waals surface area contributed by atoms with Gasteiger partial charge in [0, 0.05) is 0 Å². The minimum atomic E-state index is 0.175. The van der Waals surface area contributed by atoms with Crippen LogP contribution >= 0.6 is 0 Å². The average molecular weight is 195 g/mol. The Morgan fingerprint density at radius 3 is 2.86 bits per heavy atom. The molecule has 0 spiro atoms. The summed E-state index contributed by atoms with van der Waals surface area (Å²) in [5.74, 6) is 0.953. The van der Waals surface area contributed by atoms with Gasteiger partial charge in [-0.15, -0.1) is 5.10 Å². The van der Waals surface area contributed by atoms with E-state index in [1.807, 2.05) is 4.68 Å². The number of hydrogen-bond donors (Lipinski definition) is 1. The summed E-state index contributed by atoms with van der Waals surface area (Å²) < 4.78 is 1.99. The minimum absolute atomic E-state index is 0.175. The van der Waals surface area contributed by atoms with Gasteiger partial charge in [0.15, 0.2) is 5.82 Å². The highest BCUT2D eigenvalue weighted by atomic mass is 15.6. The Morgan fingerprint density at radius 1 is 1.50 bits per heavy atom. The first-order valence-electron chi connectivity index (χ1n) is 5.25. The maximum absolute atomic E-state index is 4.08. The van der Waals surface area contributed by atoms with E-state index in [9.17, 15) is 0 Å². The van der Waals surface area contributed by atoms with Gasteiger partial charge in [0.1, 0.15) is 0 Å². The molecule has 1 aliphatic carbocycles. The molecule has 1 N–H and O–H groups in total. The van der Waals surface area contributed by atoms with Crippen molar-refractivity contribution in [3.63, 3.8) is 0 Å². The maximum Gasteiger partial charge on any atom is 0.165 e. The first-order chi connectivity index (χ1) is 6.76. The number of nitrogens with one attached hydrogen (secondary N) is 1. The van der Waals surface area contributed by atoms with E-state index in [1.54, 1.807) is 0 Å². The van der Waals surface area contributed by atoms with Crippen LogP contribution in [0.1, 0.15) is 38.9 Å². The Hall–Kier alpha value is -0.970. The van der Waals surface area contributed by atoms with Gasteiger partial charge < -0.3 is 5.32 Å². The molecule has 0 radical (unpaired) electrons. The fourth-order valence-electron chi connectivity index (χ4n) is 1.87. The van der Waals surface area contributed by atoms with E-state index in [1.165, 1.54) is 19.3 Å². The summed E-state index contributed by atoms with van der Waals surface area (Å²) in [7, 11) is 0. The fraction of sp³-hybridized carbons (Fsp3) is 0.889. The van der Waals surface area contributed by atoms with Crippen molar-refractivity contribution in [2.75, 3.05) is 6.54 Å². The lowest BCUT2D eigenvalue weighted by molar-refractivity contribution is 0.140. The highest BCUT2D eigenvalue weighted by molar-refractivity contribution is 4.95. The normalized spacial score (nSPS) is 19.3. The highest BCUT2D eigenvalue weighted by Gasteiger charge is 2.36. The van der Waals surface area contributed by atoms with Crippen LogP contribution in [0.5, 0.6) is 0 Å². The van der Waals surface area contributed by atoms with Crippen molar-refractivity contribution in [2.45, 2.75) is 45.2 Å². The summed E-state index contributed by atoms with van der Waals surface area (Å²) in [5, 5.41) is 15.1. The van der Waals surface area contributed by atoms with Gasteiger partial charge >= 0.3 is 0 Å². The van der Waals surface area contributed by atoms with Crippen LogP contribution in [0, 0.1) is 0 Å². The Kier molecular flexibility index (Phi) is 2.50. The van der Waals surface area contributed by atoms with Gasteiger partial charge in [-0.3, -0.25) is 0 Å². The number of hydrogen-bond acceptors (Lipinski definition) is 4. The second kappa shape index (κ2) is 3.65. The zero-order valence-corrected chi connectivity index (χ0v) is 8.82. The molecule has 0 amide bonds. The molecule has 1 aliphatic rings. The molecule has 5 heteroatoms. The van der Waals surface area contributed by atoms with Gasteiger partial charge in [0.2, 0.25) is 0 Å². The SMILES string of the molecule is CCNCc1nnnn1C1(C)CCC1. The lowest BCUT2D eigenvalue weighted by Crippen LogP contribution is -2.40. The smallest absolute Gasteiger partial charge is 0.165 e. The molecule has 0 aromatic carbocycles. The third-order valence-corrected chi connectivity index (χ3v) is 3.01. The highest BCUT2D eigenvalue weighted by Crippen LogP contribution is 2.38. The van der Waals surface area contributed by atoms with Crippen molar-refractivity contribution in [2.24, 2.45) is 0 Å². The Morgan fingerprint density at radius 2 is 2.29 bits per heavy atom. The molecular formula is C9H17N5. The molecule has 5 nitrogen and oxygen atoms in total. The molecule has 0 saturated heterocycles. The van der Waals surface area contributed by atoms with Crippen molar-refractivity contribution in [3.05, 3.63) is 5.82 Å². The number of nitrogens with zero attached hydrogens (tertiary/aromatic N) is 4. The van der Waals surface area contributed by atoms with Crippen molar-refractivity contribution < 1.29 is 0 Å². The van der Waals surface area contributed by atoms with E-state index in [-0.39, 0.29) is 5.54 Å². The van der Waals surface area contributed by atoms with Crippen LogP contribution < -0.4 is 5.32 Å². The molecule has 1 aromatic heterocycles. The van der Waals surface area contributed by atoms with Crippen LogP contribution in [-0.4, -0.2) is 26.8 Å². The molecule has 1 saturated carbocycles. The van der Waals surface area contributed by atoms with Crippen molar-refractivity contribution in [3.8, 4) is 0 Å². The first kappa shape index (κ1) is 9.58. The standard InChI is InChI=1S/C9H17N5/c1-3-10-7-8-11-12-13-14(8)9(2)5-4-6-9/h10H,3-7H2,1-2H3. The molecule has 1 aromatic rings. The second-order valence-electron chi connectivity index (χ2n) is 4.14. The summed E-state index contributed by atoms with van der Waals surface area (Å²) in [4.78, 5) is 0. The Bertz CT molecular complexity index is 302. The summed E-state index contributed by atoms with van der Waals surface area (Å²) in [5.41, 5.74) is 0.175. The number of aromatic nitrogens is 4. The van der Waals surface area contributed by atoms with E-state index >= 15 is 0 Å². The van der Waals surface area contributed by atoms with Crippen LogP contribution in [-0.2, 0) is 12.1 Å². The quantitative estimate of drug-likeness (QED) is 0.767. The molecular weight excluding hydrogens is 178 g/mol. The lowest BCUT2D eigenvalue weighted by Gasteiger charge is -2.38. The van der Waals surface area contributed by atoms with Crippen LogP contribution in [0.25, 0.3) is 0 Å². The molecule has 0 atom stereocenters. The predicted octanol–water partition coefficient (Wildman–Crippen LogP) is 0.682. The van der Waals surface area contributed by atoms with Crippen molar-refractivity contribution >= 4 is 0 Å². The van der Waals surface area contributed by atoms with Crippen LogP contribution in [0.3, 0.4) is 0 Å². The summed E-state index contributed by atoms with van der Waals surface area (Å²) in [6, 6.07) is 0. The van der Waals surface area contributed by atoms with Gasteiger partial charge in [-0.25, -0.2) is 4.68 Å². The van der Waals surface area contributed by atoms with E-state index in [0.717, 1.165) is 18.9 Å². The van der Waals surface area contributed by atoms with E-state index in [2.05, 4.69) is 34.7 Å². The van der Waals surface area contributed by atoms with Crippen molar-refractivity contribution in [1.29, 1.82) is 0 Å². The van der Waals surface area contributed by atoms with Gasteiger partial charge in [0.05, 0.1) is 12.1 Å². The molecule has 0 unspecified atom stereocenters. The monoisotopic (exact) mass is 195 g/mol. The average Bonchev–Trinajstić information content (AvgIpc) is 2.59. The third kappa shape index (κ3) is 1.52. The zero-order valence-electron chi connectivity index (χ0n) is 8.82. The van der Waals surface area contributed by atoms with E-state index in [0.29, 0.717) is 0 Å². The molecule has 0 bridgehead atoms. The van der Waals surface area contributed by atoms with Crippen LogP contribution in [0.15, 0.2) is 0 Å². The van der Waals surface area contributed by atoms with E-state index in [4.69, 9.17) is 0 Å². The van der Waals surface area contributed by atoms with Crippen LogP contribution in [0.4, 0.5) is 0 Å². The minimum Gasteiger partial charge on any atom is -0.310 e. The van der Waals surface area contributed by atoms with Gasteiger partial charge in [0.25, 0.3) is 0 Å². The number of tetrazole rings is 1. The third-order valence-electron chi connectivity index (χ3n) is 3.01. The molecule has 1 fully saturated rings. The van der Waals surface area contributed by atoms with E-state index < -0.39 is 0 Å². The first-order valence-corrected chi connectivity index (χ1v) is 5.25. The second-order valence-corrected chi connectivity index (χ2v) is 4.14. The largest absolute Gasteiger partial charge is 0.310 e. The van der Waals surface area contributed by atoms with Gasteiger partial charge in [-0.2, -0.15) is 0 Å². The summed E-state index contributed by atoms with van der Waals surface area (Å²) in [6.07, 6.45) is 3.67. The Balaban J connectivity index is 2.12. The summed E-state index contributed by atoms with van der Waals surface area (Å²) >= 11 is 0. The molecule has 1 heterocycles. The van der Waals surface area contributed by atoms with Gasteiger partial charge in [-0.1, -0.05) is 6.92 Å². The lowest BCUT2D eigenvalue weighted by atomic mass is 9.78. The maximum atomic E-state index is 4.08. The van der Waals surface area contributed by atoms with Gasteiger partial charge in [-0.05, 0) is 43.2 Å². The molecule has 2 rings (SSSR count). The molecule has 78 valence electrons. The topological polar surface area (TPSA) is 55.6 Å². The molecule has 14 heavy (non-hydrogen) atoms. The van der Waals surface area contributed by atoms with Crippen LogP contribution in [0.2, 0.25) is 0 Å². The molecule has 0 aliphatic heterocycles.